The Hall–Kier alpha value is -3.58. The van der Waals surface area contributed by atoms with Crippen molar-refractivity contribution < 1.29 is 4.39 Å². The first kappa shape index (κ1) is 20.3. The summed E-state index contributed by atoms with van der Waals surface area (Å²) in [5.41, 5.74) is 6.05. The summed E-state index contributed by atoms with van der Waals surface area (Å²) in [4.78, 5) is 2.12. The SMILES string of the molecule is Fc1cccc(-c2ccc3c(c2)CN(C(=S)NCCc2ccccc2)Cc2cnnn2-3)c1. The Morgan fingerprint density at radius 1 is 0.969 bits per heavy atom. The van der Waals surface area contributed by atoms with Crippen LogP contribution < -0.4 is 5.32 Å². The number of hydrogen-bond donors (Lipinski definition) is 1. The Labute approximate surface area is 191 Å². The van der Waals surface area contributed by atoms with Gasteiger partial charge in [0.15, 0.2) is 5.11 Å². The predicted octanol–water partition coefficient (Wildman–Crippen LogP) is 4.51. The van der Waals surface area contributed by atoms with Gasteiger partial charge in [-0.1, -0.05) is 53.7 Å². The number of nitrogens with zero attached hydrogens (tertiary/aromatic N) is 4. The van der Waals surface area contributed by atoms with Gasteiger partial charge < -0.3 is 10.2 Å². The third-order valence-corrected chi connectivity index (χ3v) is 6.02. The van der Waals surface area contributed by atoms with E-state index in [-0.39, 0.29) is 5.82 Å². The number of rotatable bonds is 4. The van der Waals surface area contributed by atoms with Crippen LogP contribution in [-0.4, -0.2) is 31.6 Å². The summed E-state index contributed by atoms with van der Waals surface area (Å²) in [7, 11) is 0. The van der Waals surface area contributed by atoms with Gasteiger partial charge in [-0.3, -0.25) is 0 Å². The van der Waals surface area contributed by atoms with E-state index in [1.807, 2.05) is 41.1 Å². The average molecular weight is 444 g/mol. The Morgan fingerprint density at radius 3 is 2.66 bits per heavy atom. The molecule has 0 spiro atoms. The fourth-order valence-electron chi connectivity index (χ4n) is 4.00. The van der Waals surface area contributed by atoms with E-state index in [1.54, 1.807) is 18.3 Å². The lowest BCUT2D eigenvalue weighted by Crippen LogP contribution is -2.39. The average Bonchev–Trinajstić information content (AvgIpc) is 3.21. The number of aromatic nitrogens is 3. The molecule has 1 aliphatic rings. The first-order valence-corrected chi connectivity index (χ1v) is 10.9. The van der Waals surface area contributed by atoms with Gasteiger partial charge in [0.1, 0.15) is 5.82 Å². The molecular weight excluding hydrogens is 421 g/mol. The molecule has 0 saturated heterocycles. The highest BCUT2D eigenvalue weighted by Crippen LogP contribution is 2.29. The second-order valence-electron chi connectivity index (χ2n) is 7.81. The molecule has 1 aliphatic heterocycles. The molecule has 0 atom stereocenters. The second-order valence-corrected chi connectivity index (χ2v) is 8.20. The normalized spacial score (nSPS) is 12.6. The van der Waals surface area contributed by atoms with Crippen molar-refractivity contribution in [1.82, 2.24) is 25.2 Å². The fraction of sp³-hybridized carbons (Fsp3) is 0.160. The van der Waals surface area contributed by atoms with Gasteiger partial charge in [-0.05, 0) is 65.2 Å². The molecule has 0 fully saturated rings. The highest BCUT2D eigenvalue weighted by Gasteiger charge is 2.22. The van der Waals surface area contributed by atoms with E-state index >= 15 is 0 Å². The molecule has 7 heteroatoms. The van der Waals surface area contributed by atoms with Crippen LogP contribution in [0.15, 0.2) is 79.0 Å². The highest BCUT2D eigenvalue weighted by molar-refractivity contribution is 7.80. The third-order valence-electron chi connectivity index (χ3n) is 5.62. The van der Waals surface area contributed by atoms with Crippen LogP contribution in [0.4, 0.5) is 4.39 Å². The van der Waals surface area contributed by atoms with Gasteiger partial charge in [0, 0.05) is 13.1 Å². The van der Waals surface area contributed by atoms with Crippen LogP contribution in [0.1, 0.15) is 16.8 Å². The summed E-state index contributed by atoms with van der Waals surface area (Å²) in [5.74, 6) is -0.249. The first-order chi connectivity index (χ1) is 15.7. The zero-order valence-corrected chi connectivity index (χ0v) is 18.2. The van der Waals surface area contributed by atoms with Crippen LogP contribution in [0.5, 0.6) is 0 Å². The molecule has 5 rings (SSSR count). The summed E-state index contributed by atoms with van der Waals surface area (Å²) < 4.78 is 15.6. The molecule has 0 amide bonds. The van der Waals surface area contributed by atoms with Gasteiger partial charge in [-0.2, -0.15) is 0 Å². The summed E-state index contributed by atoms with van der Waals surface area (Å²) in [6.07, 6.45) is 2.67. The first-order valence-electron chi connectivity index (χ1n) is 10.5. The monoisotopic (exact) mass is 443 g/mol. The minimum atomic E-state index is -0.249. The van der Waals surface area contributed by atoms with Crippen molar-refractivity contribution in [2.24, 2.45) is 0 Å². The highest BCUT2D eigenvalue weighted by atomic mass is 32.1. The maximum atomic E-state index is 13.8. The lowest BCUT2D eigenvalue weighted by molar-refractivity contribution is 0.399. The molecule has 1 N–H and O–H groups in total. The van der Waals surface area contributed by atoms with Gasteiger partial charge in [0.2, 0.25) is 0 Å². The topological polar surface area (TPSA) is 46.0 Å². The fourth-order valence-corrected chi connectivity index (χ4v) is 4.24. The van der Waals surface area contributed by atoms with E-state index in [2.05, 4.69) is 38.7 Å². The van der Waals surface area contributed by atoms with Crippen LogP contribution in [0.3, 0.4) is 0 Å². The Balaban J connectivity index is 1.39. The lowest BCUT2D eigenvalue weighted by Gasteiger charge is -2.24. The predicted molar refractivity (Wildman–Crippen MR) is 127 cm³/mol. The van der Waals surface area contributed by atoms with Crippen molar-refractivity contribution in [2.45, 2.75) is 19.5 Å². The van der Waals surface area contributed by atoms with Crippen molar-refractivity contribution in [2.75, 3.05) is 6.54 Å². The molecule has 5 nitrogen and oxygen atoms in total. The van der Waals surface area contributed by atoms with Crippen LogP contribution in [-0.2, 0) is 19.5 Å². The largest absolute Gasteiger partial charge is 0.362 e. The zero-order valence-electron chi connectivity index (χ0n) is 17.4. The number of fused-ring (bicyclic) bond motifs is 3. The number of hydrogen-bond acceptors (Lipinski definition) is 3. The molecule has 32 heavy (non-hydrogen) atoms. The smallest absolute Gasteiger partial charge is 0.169 e. The van der Waals surface area contributed by atoms with Crippen molar-refractivity contribution in [3.05, 3.63) is 102 Å². The quantitative estimate of drug-likeness (QED) is 0.471. The van der Waals surface area contributed by atoms with Gasteiger partial charge >= 0.3 is 0 Å². The molecule has 0 radical (unpaired) electrons. The van der Waals surface area contributed by atoms with E-state index < -0.39 is 0 Å². The third kappa shape index (κ3) is 4.24. The number of halogens is 1. The maximum absolute atomic E-state index is 13.8. The van der Waals surface area contributed by atoms with Crippen LogP contribution in [0, 0.1) is 5.82 Å². The van der Waals surface area contributed by atoms with E-state index in [0.717, 1.165) is 41.0 Å². The van der Waals surface area contributed by atoms with Gasteiger partial charge in [0.05, 0.1) is 24.1 Å². The number of nitrogens with one attached hydrogen (secondary N) is 1. The summed E-state index contributed by atoms with van der Waals surface area (Å²) in [6.45, 7) is 1.99. The molecule has 0 bridgehead atoms. The molecule has 160 valence electrons. The molecule has 0 unspecified atom stereocenters. The molecule has 0 saturated carbocycles. The summed E-state index contributed by atoms with van der Waals surface area (Å²) >= 11 is 5.74. The molecular formula is C25H22FN5S. The Morgan fingerprint density at radius 2 is 1.81 bits per heavy atom. The minimum absolute atomic E-state index is 0.249. The molecule has 4 aromatic rings. The van der Waals surface area contributed by atoms with E-state index in [0.29, 0.717) is 18.2 Å². The Bertz CT molecular complexity index is 1250. The lowest BCUT2D eigenvalue weighted by atomic mass is 10.0. The summed E-state index contributed by atoms with van der Waals surface area (Å²) in [6, 6.07) is 23.1. The number of benzene rings is 3. The zero-order chi connectivity index (χ0) is 21.9. The number of thiocarbonyl (C=S) groups is 1. The van der Waals surface area contributed by atoms with Crippen LogP contribution in [0.25, 0.3) is 16.8 Å². The van der Waals surface area contributed by atoms with Crippen LogP contribution in [0.2, 0.25) is 0 Å². The van der Waals surface area contributed by atoms with Crippen LogP contribution >= 0.6 is 12.2 Å². The van der Waals surface area contributed by atoms with Gasteiger partial charge in [0.25, 0.3) is 0 Å². The standard InChI is InChI=1S/C25H22FN5S/c26-22-8-4-7-19(14-22)20-9-10-24-21(13-20)16-30(17-23-15-28-29-31(23)24)25(32)27-12-11-18-5-2-1-3-6-18/h1-10,13-15H,11-12,16-17H2,(H,27,32). The molecule has 0 aliphatic carbocycles. The van der Waals surface area contributed by atoms with Gasteiger partial charge in [-0.25, -0.2) is 9.07 Å². The van der Waals surface area contributed by atoms with E-state index in [9.17, 15) is 4.39 Å². The van der Waals surface area contributed by atoms with Gasteiger partial charge in [-0.15, -0.1) is 5.10 Å². The van der Waals surface area contributed by atoms with Crippen molar-refractivity contribution >= 4 is 17.3 Å². The van der Waals surface area contributed by atoms with E-state index in [1.165, 1.54) is 11.6 Å². The van der Waals surface area contributed by atoms with Crippen molar-refractivity contribution in [1.29, 1.82) is 0 Å². The minimum Gasteiger partial charge on any atom is -0.362 e. The molecule has 2 heterocycles. The maximum Gasteiger partial charge on any atom is 0.169 e. The summed E-state index contributed by atoms with van der Waals surface area (Å²) in [5, 5.41) is 12.5. The van der Waals surface area contributed by atoms with Crippen molar-refractivity contribution in [3.8, 4) is 16.8 Å². The molecule has 3 aromatic carbocycles. The molecule has 1 aromatic heterocycles. The Kier molecular flexibility index (Phi) is 5.64. The van der Waals surface area contributed by atoms with Crippen molar-refractivity contribution in [3.63, 3.8) is 0 Å². The van der Waals surface area contributed by atoms with E-state index in [4.69, 9.17) is 12.2 Å². The second kappa shape index (κ2) is 8.88.